The minimum atomic E-state index is 0.0103. The molecule has 0 aliphatic heterocycles. The van der Waals surface area contributed by atoms with Gasteiger partial charge in [-0.25, -0.2) is 4.39 Å². The highest BCUT2D eigenvalue weighted by Gasteiger charge is 2.38. The molecule has 176 valence electrons. The van der Waals surface area contributed by atoms with Crippen LogP contribution in [0.15, 0.2) is 43.0 Å². The van der Waals surface area contributed by atoms with E-state index in [2.05, 4.69) is 24.8 Å². The predicted octanol–water partition coefficient (Wildman–Crippen LogP) is 9.41. The number of benzene rings is 1. The molecule has 32 heavy (non-hydrogen) atoms. The maximum Gasteiger partial charge on any atom is 0.126 e. The van der Waals surface area contributed by atoms with Crippen LogP contribution in [0.25, 0.3) is 0 Å². The molecule has 1 aromatic carbocycles. The summed E-state index contributed by atoms with van der Waals surface area (Å²) in [6.07, 6.45) is 24.7. The molecule has 0 aromatic heterocycles. The van der Waals surface area contributed by atoms with Gasteiger partial charge in [0.05, 0.1) is 0 Å². The van der Waals surface area contributed by atoms with E-state index in [9.17, 15) is 4.39 Å². The van der Waals surface area contributed by atoms with Crippen LogP contribution in [0.3, 0.4) is 0 Å². The molecule has 3 saturated carbocycles. The third-order valence-corrected chi connectivity index (χ3v) is 9.34. The first-order chi connectivity index (χ1) is 15.7. The van der Waals surface area contributed by atoms with E-state index >= 15 is 0 Å². The fourth-order valence-corrected chi connectivity index (χ4v) is 7.42. The second kappa shape index (κ2) is 11.7. The lowest BCUT2D eigenvalue weighted by molar-refractivity contribution is 0.0621. The fraction of sp³-hybridized carbons (Fsp3) is 0.677. The summed E-state index contributed by atoms with van der Waals surface area (Å²) in [6.45, 7) is 5.94. The van der Waals surface area contributed by atoms with E-state index in [4.69, 9.17) is 0 Å². The van der Waals surface area contributed by atoms with Gasteiger partial charge in [0.1, 0.15) is 5.82 Å². The van der Waals surface area contributed by atoms with E-state index in [0.29, 0.717) is 5.92 Å². The zero-order chi connectivity index (χ0) is 22.3. The summed E-state index contributed by atoms with van der Waals surface area (Å²) in [5.41, 5.74) is 2.12. The van der Waals surface area contributed by atoms with Crippen LogP contribution < -0.4 is 0 Å². The average molecular weight is 437 g/mol. The lowest BCUT2D eigenvalue weighted by Gasteiger charge is -2.45. The number of rotatable bonds is 8. The van der Waals surface area contributed by atoms with Gasteiger partial charge in [0.15, 0.2) is 0 Å². The third kappa shape index (κ3) is 5.95. The number of halogens is 1. The van der Waals surface area contributed by atoms with Crippen molar-refractivity contribution in [1.82, 2.24) is 0 Å². The molecule has 0 amide bonds. The van der Waals surface area contributed by atoms with E-state index in [0.717, 1.165) is 48.0 Å². The van der Waals surface area contributed by atoms with Gasteiger partial charge in [0, 0.05) is 0 Å². The molecule has 0 nitrogen and oxygen atoms in total. The van der Waals surface area contributed by atoms with Crippen molar-refractivity contribution in [2.45, 2.75) is 103 Å². The summed E-state index contributed by atoms with van der Waals surface area (Å²) in [7, 11) is 0. The predicted molar refractivity (Wildman–Crippen MR) is 135 cm³/mol. The van der Waals surface area contributed by atoms with Crippen LogP contribution in [0.4, 0.5) is 4.39 Å². The summed E-state index contributed by atoms with van der Waals surface area (Å²) >= 11 is 0. The van der Waals surface area contributed by atoms with Crippen molar-refractivity contribution >= 4 is 0 Å². The van der Waals surface area contributed by atoms with Crippen molar-refractivity contribution in [2.24, 2.45) is 29.6 Å². The Kier molecular flexibility index (Phi) is 8.67. The Morgan fingerprint density at radius 3 is 2.28 bits per heavy atom. The first-order valence-electron chi connectivity index (χ1n) is 13.7. The molecule has 4 unspecified atom stereocenters. The lowest BCUT2D eigenvalue weighted by Crippen LogP contribution is -2.34. The molecule has 1 heteroatoms. The molecule has 0 radical (unpaired) electrons. The molecule has 3 fully saturated rings. The molecular weight excluding hydrogens is 391 g/mol. The van der Waals surface area contributed by atoms with Crippen LogP contribution in [0.5, 0.6) is 0 Å². The Balaban J connectivity index is 1.25. The maximum atomic E-state index is 14.6. The molecule has 4 atom stereocenters. The molecule has 3 aliphatic carbocycles. The number of aryl methyl sites for hydroxylation is 1. The topological polar surface area (TPSA) is 0 Å². The summed E-state index contributed by atoms with van der Waals surface area (Å²) in [5, 5.41) is 0. The van der Waals surface area contributed by atoms with Gasteiger partial charge in [0.2, 0.25) is 0 Å². The standard InChI is InChI=1S/C31H45F/c1-3-5-7-9-26-16-17-30(22-31(26)32)25-14-12-24(13-15-25)28-19-18-27-20-23(8-6-4-2)10-11-29(27)21-28/h3-5,16-17,22-25,27-29H,2,6-15,18-21H2,1H3/b5-3+. The molecule has 0 bridgehead atoms. The Morgan fingerprint density at radius 1 is 0.875 bits per heavy atom. The third-order valence-electron chi connectivity index (χ3n) is 9.34. The Bertz CT molecular complexity index is 754. The number of hydrogen-bond donors (Lipinski definition) is 0. The minimum absolute atomic E-state index is 0.0103. The highest BCUT2D eigenvalue weighted by atomic mass is 19.1. The zero-order valence-electron chi connectivity index (χ0n) is 20.4. The number of allylic oxidation sites excluding steroid dienone is 3. The molecule has 3 aliphatic rings. The van der Waals surface area contributed by atoms with Crippen molar-refractivity contribution in [3.8, 4) is 0 Å². The molecule has 0 N–H and O–H groups in total. The number of hydrogen-bond acceptors (Lipinski definition) is 0. The van der Waals surface area contributed by atoms with E-state index in [1.165, 1.54) is 82.6 Å². The van der Waals surface area contributed by atoms with Crippen molar-refractivity contribution in [3.63, 3.8) is 0 Å². The monoisotopic (exact) mass is 436 g/mol. The summed E-state index contributed by atoms with van der Waals surface area (Å²) in [6, 6.07) is 6.12. The molecule has 1 aromatic rings. The van der Waals surface area contributed by atoms with Crippen LogP contribution >= 0.6 is 0 Å². The Labute approximate surface area is 196 Å². The smallest absolute Gasteiger partial charge is 0.126 e. The van der Waals surface area contributed by atoms with Gasteiger partial charge in [-0.15, -0.1) is 6.58 Å². The molecular formula is C31H45F. The largest absolute Gasteiger partial charge is 0.207 e. The van der Waals surface area contributed by atoms with Crippen LogP contribution in [-0.4, -0.2) is 0 Å². The first-order valence-corrected chi connectivity index (χ1v) is 13.7. The molecule has 0 spiro atoms. The number of fused-ring (bicyclic) bond motifs is 1. The van der Waals surface area contributed by atoms with Gasteiger partial charge in [-0.1, -0.05) is 36.8 Å². The SMILES string of the molecule is C=CCCC1CCC2CC(C3CCC(c4ccc(CC/C=C/C)c(F)c4)CC3)CCC2C1. The van der Waals surface area contributed by atoms with Crippen molar-refractivity contribution in [3.05, 3.63) is 60.0 Å². The van der Waals surface area contributed by atoms with Crippen molar-refractivity contribution < 1.29 is 4.39 Å². The van der Waals surface area contributed by atoms with Crippen LogP contribution in [0, 0.1) is 35.4 Å². The van der Waals surface area contributed by atoms with Crippen molar-refractivity contribution in [2.75, 3.05) is 0 Å². The van der Waals surface area contributed by atoms with Crippen molar-refractivity contribution in [1.29, 1.82) is 0 Å². The zero-order valence-corrected chi connectivity index (χ0v) is 20.4. The van der Waals surface area contributed by atoms with Crippen LogP contribution in [0.2, 0.25) is 0 Å². The van der Waals surface area contributed by atoms with Gasteiger partial charge < -0.3 is 0 Å². The summed E-state index contributed by atoms with van der Waals surface area (Å²) in [4.78, 5) is 0. The highest BCUT2D eigenvalue weighted by Crippen LogP contribution is 2.50. The molecule has 0 heterocycles. The van der Waals surface area contributed by atoms with E-state index in [1.807, 2.05) is 25.1 Å². The van der Waals surface area contributed by atoms with Crippen LogP contribution in [-0.2, 0) is 6.42 Å². The molecule has 4 rings (SSSR count). The van der Waals surface area contributed by atoms with E-state index in [-0.39, 0.29) is 5.82 Å². The first kappa shape index (κ1) is 23.8. The quantitative estimate of drug-likeness (QED) is 0.356. The average Bonchev–Trinajstić information content (AvgIpc) is 2.83. The Hall–Kier alpha value is -1.37. The minimum Gasteiger partial charge on any atom is -0.207 e. The van der Waals surface area contributed by atoms with Gasteiger partial charge in [-0.05, 0) is 143 Å². The summed E-state index contributed by atoms with van der Waals surface area (Å²) < 4.78 is 14.6. The van der Waals surface area contributed by atoms with Crippen LogP contribution in [0.1, 0.15) is 107 Å². The van der Waals surface area contributed by atoms with E-state index in [1.54, 1.807) is 0 Å². The van der Waals surface area contributed by atoms with Gasteiger partial charge >= 0.3 is 0 Å². The van der Waals surface area contributed by atoms with Gasteiger partial charge in [0.25, 0.3) is 0 Å². The normalized spacial score (nSPS) is 33.2. The Morgan fingerprint density at radius 2 is 1.56 bits per heavy atom. The highest BCUT2D eigenvalue weighted by molar-refractivity contribution is 5.28. The maximum absolute atomic E-state index is 14.6. The fourth-order valence-electron chi connectivity index (χ4n) is 7.42. The second-order valence-corrected chi connectivity index (χ2v) is 11.2. The molecule has 0 saturated heterocycles. The lowest BCUT2D eigenvalue weighted by atomic mass is 9.60. The second-order valence-electron chi connectivity index (χ2n) is 11.2. The van der Waals surface area contributed by atoms with E-state index < -0.39 is 0 Å². The van der Waals surface area contributed by atoms with Gasteiger partial charge in [-0.2, -0.15) is 0 Å². The van der Waals surface area contributed by atoms with Gasteiger partial charge in [-0.3, -0.25) is 0 Å². The summed E-state index contributed by atoms with van der Waals surface area (Å²) in [5.74, 6) is 5.47.